The van der Waals surface area contributed by atoms with Crippen LogP contribution < -0.4 is 0 Å². The third-order valence-electron chi connectivity index (χ3n) is 4.43. The molecular weight excluding hydrogens is 318 g/mol. The normalized spacial score (nSPS) is 17.4. The Morgan fingerprint density at radius 1 is 1.08 bits per heavy atom. The molecule has 0 spiro atoms. The Balaban J connectivity index is 1.45. The number of ether oxygens (including phenoxy) is 1. The molecule has 1 fully saturated rings. The van der Waals surface area contributed by atoms with Gasteiger partial charge in [0.1, 0.15) is 12.1 Å². The number of hydrogen-bond acceptors (Lipinski definition) is 6. The summed E-state index contributed by atoms with van der Waals surface area (Å²) in [5.41, 5.74) is 2.78. The van der Waals surface area contributed by atoms with Gasteiger partial charge >= 0.3 is 0 Å². The number of rotatable bonds is 3. The zero-order valence-electron chi connectivity index (χ0n) is 13.4. The highest BCUT2D eigenvalue weighted by atomic mass is 16.5. The Bertz CT molecular complexity index is 1020. The maximum Gasteiger partial charge on any atom is 0.232 e. The number of fused-ring (bicyclic) bond motifs is 1. The van der Waals surface area contributed by atoms with Crippen molar-refractivity contribution >= 4 is 11.0 Å². The molecule has 1 atom stereocenters. The quantitative estimate of drug-likeness (QED) is 0.573. The standard InChI is InChI=1S/C18H15N5O2/c1-2-4-15-14(3-1)20-11-23(15)16-6-5-12(9-19-16)17-21-18(25-22-17)13-7-8-24-10-13/h1-6,9,11,13H,7-8,10H2/t13-/m0/s1. The van der Waals surface area contributed by atoms with Crippen molar-refractivity contribution in [3.05, 3.63) is 54.8 Å². The maximum absolute atomic E-state index is 5.38. The van der Waals surface area contributed by atoms with E-state index in [1.165, 1.54) is 0 Å². The summed E-state index contributed by atoms with van der Waals surface area (Å²) in [6.45, 7) is 1.39. The van der Waals surface area contributed by atoms with Gasteiger partial charge in [-0.15, -0.1) is 0 Å². The first-order valence-corrected chi connectivity index (χ1v) is 8.19. The van der Waals surface area contributed by atoms with Crippen LogP contribution in [0.25, 0.3) is 28.2 Å². The number of aromatic nitrogens is 5. The Labute approximate surface area is 143 Å². The Kier molecular flexibility index (Phi) is 3.31. The predicted molar refractivity (Wildman–Crippen MR) is 90.3 cm³/mol. The zero-order valence-corrected chi connectivity index (χ0v) is 13.4. The van der Waals surface area contributed by atoms with Crippen LogP contribution in [0, 0.1) is 0 Å². The first kappa shape index (κ1) is 14.3. The summed E-state index contributed by atoms with van der Waals surface area (Å²) in [6, 6.07) is 11.8. The monoisotopic (exact) mass is 333 g/mol. The number of imidazole rings is 1. The fourth-order valence-electron chi connectivity index (χ4n) is 3.05. The summed E-state index contributed by atoms with van der Waals surface area (Å²) in [7, 11) is 0. The van der Waals surface area contributed by atoms with Crippen LogP contribution in [0.15, 0.2) is 53.4 Å². The molecule has 4 heterocycles. The molecule has 7 heteroatoms. The molecule has 0 amide bonds. The van der Waals surface area contributed by atoms with Crippen LogP contribution >= 0.6 is 0 Å². The molecule has 5 rings (SSSR count). The van der Waals surface area contributed by atoms with Crippen LogP contribution in [-0.2, 0) is 4.74 Å². The first-order valence-electron chi connectivity index (χ1n) is 8.19. The molecule has 0 aliphatic carbocycles. The molecule has 0 unspecified atom stereocenters. The summed E-state index contributed by atoms with van der Waals surface area (Å²) < 4.78 is 12.7. The lowest BCUT2D eigenvalue weighted by molar-refractivity contribution is 0.189. The summed E-state index contributed by atoms with van der Waals surface area (Å²) in [6.07, 6.45) is 4.45. The van der Waals surface area contributed by atoms with Crippen molar-refractivity contribution in [3.63, 3.8) is 0 Å². The molecule has 124 valence electrons. The van der Waals surface area contributed by atoms with E-state index in [0.29, 0.717) is 18.3 Å². The van der Waals surface area contributed by atoms with Crippen molar-refractivity contribution in [1.82, 2.24) is 24.7 Å². The number of benzene rings is 1. The summed E-state index contributed by atoms with van der Waals surface area (Å²) >= 11 is 0. The van der Waals surface area contributed by atoms with Crippen LogP contribution in [-0.4, -0.2) is 37.9 Å². The lowest BCUT2D eigenvalue weighted by Crippen LogP contribution is -1.98. The molecule has 7 nitrogen and oxygen atoms in total. The summed E-state index contributed by atoms with van der Waals surface area (Å²) in [4.78, 5) is 13.4. The fourth-order valence-corrected chi connectivity index (χ4v) is 3.05. The number of para-hydroxylation sites is 2. The highest BCUT2D eigenvalue weighted by molar-refractivity contribution is 5.76. The van der Waals surface area contributed by atoms with Gasteiger partial charge in [-0.05, 0) is 30.7 Å². The third kappa shape index (κ3) is 2.49. The van der Waals surface area contributed by atoms with Gasteiger partial charge in [0.2, 0.25) is 11.7 Å². The number of nitrogens with zero attached hydrogens (tertiary/aromatic N) is 5. The molecule has 25 heavy (non-hydrogen) atoms. The molecule has 1 aromatic carbocycles. The number of hydrogen-bond donors (Lipinski definition) is 0. The second-order valence-corrected chi connectivity index (χ2v) is 6.03. The van der Waals surface area contributed by atoms with Crippen molar-refractivity contribution in [1.29, 1.82) is 0 Å². The van der Waals surface area contributed by atoms with Crippen LogP contribution in [0.3, 0.4) is 0 Å². The van der Waals surface area contributed by atoms with Gasteiger partial charge in [0, 0.05) is 18.4 Å². The van der Waals surface area contributed by atoms with E-state index in [2.05, 4.69) is 20.1 Å². The smallest absolute Gasteiger partial charge is 0.232 e. The van der Waals surface area contributed by atoms with Crippen molar-refractivity contribution in [2.24, 2.45) is 0 Å². The largest absolute Gasteiger partial charge is 0.381 e. The molecular formula is C18H15N5O2. The van der Waals surface area contributed by atoms with E-state index in [4.69, 9.17) is 9.26 Å². The fraction of sp³-hybridized carbons (Fsp3) is 0.222. The lowest BCUT2D eigenvalue weighted by Gasteiger charge is -2.03. The van der Waals surface area contributed by atoms with E-state index in [1.54, 1.807) is 12.5 Å². The molecule has 4 aromatic rings. The van der Waals surface area contributed by atoms with Gasteiger partial charge < -0.3 is 9.26 Å². The van der Waals surface area contributed by atoms with Gasteiger partial charge in [-0.2, -0.15) is 4.98 Å². The maximum atomic E-state index is 5.38. The van der Waals surface area contributed by atoms with Gasteiger partial charge in [-0.3, -0.25) is 4.57 Å². The van der Waals surface area contributed by atoms with E-state index < -0.39 is 0 Å². The van der Waals surface area contributed by atoms with E-state index in [-0.39, 0.29) is 5.92 Å². The van der Waals surface area contributed by atoms with E-state index in [0.717, 1.165) is 35.4 Å². The molecule has 0 radical (unpaired) electrons. The number of pyridine rings is 1. The molecule has 0 bridgehead atoms. The predicted octanol–water partition coefficient (Wildman–Crippen LogP) is 2.97. The highest BCUT2D eigenvalue weighted by Crippen LogP contribution is 2.26. The van der Waals surface area contributed by atoms with E-state index >= 15 is 0 Å². The molecule has 1 saturated heterocycles. The first-order chi connectivity index (χ1) is 12.4. The van der Waals surface area contributed by atoms with Crippen LogP contribution in [0.5, 0.6) is 0 Å². The van der Waals surface area contributed by atoms with Gasteiger partial charge in [-0.1, -0.05) is 17.3 Å². The van der Waals surface area contributed by atoms with Crippen molar-refractivity contribution < 1.29 is 9.26 Å². The minimum Gasteiger partial charge on any atom is -0.381 e. The zero-order chi connectivity index (χ0) is 16.6. The SMILES string of the molecule is c1ccc2c(c1)ncn2-c1ccc(-c2noc([C@H]3CCOC3)n2)cn1. The minimum absolute atomic E-state index is 0.200. The van der Waals surface area contributed by atoms with E-state index in [9.17, 15) is 0 Å². The van der Waals surface area contributed by atoms with Gasteiger partial charge in [-0.25, -0.2) is 9.97 Å². The van der Waals surface area contributed by atoms with Crippen LogP contribution in [0.1, 0.15) is 18.2 Å². The third-order valence-corrected chi connectivity index (χ3v) is 4.43. The summed E-state index contributed by atoms with van der Waals surface area (Å²) in [5, 5.41) is 4.07. The van der Waals surface area contributed by atoms with Gasteiger partial charge in [0.25, 0.3) is 0 Å². The van der Waals surface area contributed by atoms with Crippen molar-refractivity contribution in [2.75, 3.05) is 13.2 Å². The molecule has 0 saturated carbocycles. The molecule has 0 N–H and O–H groups in total. The Morgan fingerprint density at radius 3 is 2.88 bits per heavy atom. The topological polar surface area (TPSA) is 78.9 Å². The summed E-state index contributed by atoms with van der Waals surface area (Å²) in [5.74, 6) is 2.18. The van der Waals surface area contributed by atoms with Gasteiger partial charge in [0.05, 0.1) is 23.6 Å². The second kappa shape index (κ2) is 5.78. The lowest BCUT2D eigenvalue weighted by atomic mass is 10.1. The Hall–Kier alpha value is -3.06. The van der Waals surface area contributed by atoms with Crippen LogP contribution in [0.2, 0.25) is 0 Å². The van der Waals surface area contributed by atoms with Crippen molar-refractivity contribution in [3.8, 4) is 17.2 Å². The van der Waals surface area contributed by atoms with Crippen molar-refractivity contribution in [2.45, 2.75) is 12.3 Å². The van der Waals surface area contributed by atoms with E-state index in [1.807, 2.05) is 41.0 Å². The molecule has 1 aliphatic rings. The second-order valence-electron chi connectivity index (χ2n) is 6.03. The Morgan fingerprint density at radius 2 is 2.04 bits per heavy atom. The van der Waals surface area contributed by atoms with Crippen LogP contribution in [0.4, 0.5) is 0 Å². The average Bonchev–Trinajstić information content (AvgIpc) is 3.40. The molecule has 1 aliphatic heterocycles. The highest BCUT2D eigenvalue weighted by Gasteiger charge is 2.24. The minimum atomic E-state index is 0.200. The van der Waals surface area contributed by atoms with Gasteiger partial charge in [0.15, 0.2) is 0 Å². The average molecular weight is 333 g/mol. The molecule has 3 aromatic heterocycles.